The van der Waals surface area contributed by atoms with Gasteiger partial charge >= 0.3 is 5.97 Å². The fraction of sp³-hybridized carbons (Fsp3) is 0.318. The lowest BCUT2D eigenvalue weighted by atomic mass is 9.96. The molecule has 3 aromatic rings. The molecule has 0 bridgehead atoms. The van der Waals surface area contributed by atoms with Gasteiger partial charge in [0.05, 0.1) is 12.1 Å². The molecule has 0 saturated heterocycles. The predicted octanol–water partition coefficient (Wildman–Crippen LogP) is 4.55. The lowest BCUT2D eigenvalue weighted by Crippen LogP contribution is -2.14. The molecule has 2 aromatic carbocycles. The van der Waals surface area contributed by atoms with Crippen molar-refractivity contribution in [2.24, 2.45) is 0 Å². The van der Waals surface area contributed by atoms with Crippen molar-refractivity contribution in [3.8, 4) is 11.1 Å². The number of hydrogen-bond acceptors (Lipinski definition) is 3. The summed E-state index contributed by atoms with van der Waals surface area (Å²) < 4.78 is 1.96. The lowest BCUT2D eigenvalue weighted by Gasteiger charge is -2.12. The molecule has 140 valence electrons. The van der Waals surface area contributed by atoms with Gasteiger partial charge in [-0.1, -0.05) is 70.2 Å². The second-order valence-electron chi connectivity index (χ2n) is 7.66. The van der Waals surface area contributed by atoms with Crippen molar-refractivity contribution in [3.05, 3.63) is 71.3 Å². The van der Waals surface area contributed by atoms with Gasteiger partial charge in [0.25, 0.3) is 0 Å². The first-order chi connectivity index (χ1) is 12.8. The van der Waals surface area contributed by atoms with Crippen LogP contribution in [-0.4, -0.2) is 25.8 Å². The number of carbonyl (C=O) groups is 1. The van der Waals surface area contributed by atoms with Crippen LogP contribution in [0.25, 0.3) is 11.1 Å². The van der Waals surface area contributed by atoms with E-state index >= 15 is 0 Å². The van der Waals surface area contributed by atoms with Gasteiger partial charge in [-0.05, 0) is 22.8 Å². The molecule has 0 aliphatic carbocycles. The summed E-state index contributed by atoms with van der Waals surface area (Å²) in [4.78, 5) is 16.1. The molecule has 0 fully saturated rings. The molecule has 1 N–H and O–H groups in total. The number of aromatic carboxylic acids is 1. The summed E-state index contributed by atoms with van der Waals surface area (Å²) in [5, 5.41) is 14.1. The van der Waals surface area contributed by atoms with Crippen molar-refractivity contribution in [1.29, 1.82) is 0 Å². The van der Waals surface area contributed by atoms with Crippen LogP contribution in [0.3, 0.4) is 0 Å². The number of benzene rings is 2. The molecule has 0 aliphatic rings. The maximum Gasteiger partial charge on any atom is 0.336 e. The second kappa shape index (κ2) is 7.35. The Labute approximate surface area is 159 Å². The highest BCUT2D eigenvalue weighted by molar-refractivity contribution is 5.95. The topological polar surface area (TPSA) is 68.0 Å². The van der Waals surface area contributed by atoms with E-state index in [0.717, 1.165) is 34.8 Å². The molecule has 0 amide bonds. The van der Waals surface area contributed by atoms with Gasteiger partial charge in [-0.3, -0.25) is 0 Å². The summed E-state index contributed by atoms with van der Waals surface area (Å²) in [6, 6.07) is 15.0. The first-order valence-electron chi connectivity index (χ1n) is 9.15. The number of rotatable bonds is 5. The first kappa shape index (κ1) is 18.8. The largest absolute Gasteiger partial charge is 0.478 e. The van der Waals surface area contributed by atoms with Crippen LogP contribution in [0.1, 0.15) is 55.3 Å². The first-order valence-corrected chi connectivity index (χ1v) is 9.15. The number of aryl methyl sites for hydroxylation is 1. The minimum absolute atomic E-state index is 0.0838. The zero-order chi connectivity index (χ0) is 19.6. The third kappa shape index (κ3) is 4.08. The minimum atomic E-state index is -0.917. The average molecular weight is 363 g/mol. The average Bonchev–Trinajstić information content (AvgIpc) is 3.05. The normalized spacial score (nSPS) is 11.6. The van der Waals surface area contributed by atoms with Crippen LogP contribution < -0.4 is 0 Å². The van der Waals surface area contributed by atoms with E-state index in [4.69, 9.17) is 5.10 Å². The van der Waals surface area contributed by atoms with Gasteiger partial charge in [-0.15, -0.1) is 0 Å². The number of hydrogen-bond donors (Lipinski definition) is 1. The predicted molar refractivity (Wildman–Crippen MR) is 106 cm³/mol. The van der Waals surface area contributed by atoms with Crippen molar-refractivity contribution in [1.82, 2.24) is 14.8 Å². The Morgan fingerprint density at radius 2 is 1.74 bits per heavy atom. The highest BCUT2D eigenvalue weighted by Gasteiger charge is 2.21. The van der Waals surface area contributed by atoms with E-state index < -0.39 is 5.97 Å². The molecule has 0 aliphatic heterocycles. The highest BCUT2D eigenvalue weighted by atomic mass is 16.4. The highest BCUT2D eigenvalue weighted by Crippen LogP contribution is 2.25. The van der Waals surface area contributed by atoms with Crippen LogP contribution in [-0.2, 0) is 18.4 Å². The van der Waals surface area contributed by atoms with Crippen molar-refractivity contribution in [2.45, 2.75) is 46.1 Å². The van der Waals surface area contributed by atoms with E-state index in [-0.39, 0.29) is 5.41 Å². The van der Waals surface area contributed by atoms with Gasteiger partial charge in [-0.2, -0.15) is 5.10 Å². The molecule has 5 nitrogen and oxygen atoms in total. The summed E-state index contributed by atoms with van der Waals surface area (Å²) >= 11 is 0. The maximum absolute atomic E-state index is 11.4. The molecule has 1 heterocycles. The zero-order valence-corrected chi connectivity index (χ0v) is 16.2. The monoisotopic (exact) mass is 363 g/mol. The maximum atomic E-state index is 11.4. The van der Waals surface area contributed by atoms with Crippen molar-refractivity contribution in [2.75, 3.05) is 0 Å². The quantitative estimate of drug-likeness (QED) is 0.722. The molecule has 0 saturated carbocycles. The fourth-order valence-electron chi connectivity index (χ4n) is 2.96. The van der Waals surface area contributed by atoms with Crippen LogP contribution in [0.5, 0.6) is 0 Å². The molecule has 0 spiro atoms. The Morgan fingerprint density at radius 3 is 2.33 bits per heavy atom. The number of nitrogens with zero attached hydrogens (tertiary/aromatic N) is 3. The Balaban J connectivity index is 1.87. The summed E-state index contributed by atoms with van der Waals surface area (Å²) in [6.07, 6.45) is 0.827. The van der Waals surface area contributed by atoms with Gasteiger partial charge in [0, 0.05) is 11.8 Å². The summed E-state index contributed by atoms with van der Waals surface area (Å²) in [5.41, 5.74) is 2.94. The Kier molecular flexibility index (Phi) is 5.13. The van der Waals surface area contributed by atoms with Crippen LogP contribution >= 0.6 is 0 Å². The Hall–Kier alpha value is -2.95. The summed E-state index contributed by atoms with van der Waals surface area (Å²) in [7, 11) is 0. The third-order valence-corrected chi connectivity index (χ3v) is 4.49. The van der Waals surface area contributed by atoms with Crippen molar-refractivity contribution >= 4 is 5.97 Å². The van der Waals surface area contributed by atoms with Crippen LogP contribution in [0.4, 0.5) is 0 Å². The Bertz CT molecular complexity index is 950. The van der Waals surface area contributed by atoms with Crippen LogP contribution in [0.2, 0.25) is 0 Å². The van der Waals surface area contributed by atoms with Crippen molar-refractivity contribution < 1.29 is 9.90 Å². The SMILES string of the molecule is CCc1nc(C(C)(C)C)nn1Cc1ccc(-c2ccccc2C(=O)O)cc1. The van der Waals surface area contributed by atoms with E-state index in [0.29, 0.717) is 12.1 Å². The van der Waals surface area contributed by atoms with Crippen molar-refractivity contribution in [3.63, 3.8) is 0 Å². The standard InChI is InChI=1S/C22H25N3O2/c1-5-19-23-21(22(2,3)4)24-25(19)14-15-10-12-16(13-11-15)17-8-6-7-9-18(17)20(26)27/h6-13H,5,14H2,1-4H3,(H,26,27). The van der Waals surface area contributed by atoms with E-state index in [1.165, 1.54) is 0 Å². The lowest BCUT2D eigenvalue weighted by molar-refractivity contribution is 0.0697. The third-order valence-electron chi connectivity index (χ3n) is 4.49. The van der Waals surface area contributed by atoms with Crippen LogP contribution in [0, 0.1) is 0 Å². The Morgan fingerprint density at radius 1 is 1.07 bits per heavy atom. The van der Waals surface area contributed by atoms with Gasteiger partial charge < -0.3 is 5.11 Å². The molecular formula is C22H25N3O2. The smallest absolute Gasteiger partial charge is 0.336 e. The zero-order valence-electron chi connectivity index (χ0n) is 16.2. The molecule has 1 aromatic heterocycles. The van der Waals surface area contributed by atoms with Gasteiger partial charge in [0.2, 0.25) is 0 Å². The van der Waals surface area contributed by atoms with E-state index in [9.17, 15) is 9.90 Å². The molecule has 0 unspecified atom stereocenters. The number of carboxylic acid groups (broad SMARTS) is 1. The number of carboxylic acids is 1. The second-order valence-corrected chi connectivity index (χ2v) is 7.66. The van der Waals surface area contributed by atoms with Crippen LogP contribution in [0.15, 0.2) is 48.5 Å². The molecule has 0 atom stereocenters. The summed E-state index contributed by atoms with van der Waals surface area (Å²) in [5.74, 6) is 0.908. The van der Waals surface area contributed by atoms with Gasteiger partial charge in [-0.25, -0.2) is 14.5 Å². The summed E-state index contributed by atoms with van der Waals surface area (Å²) in [6.45, 7) is 9.06. The van der Waals surface area contributed by atoms with E-state index in [1.807, 2.05) is 41.1 Å². The van der Waals surface area contributed by atoms with Gasteiger partial charge in [0.1, 0.15) is 5.82 Å². The molecule has 5 heteroatoms. The molecule has 0 radical (unpaired) electrons. The van der Waals surface area contributed by atoms with E-state index in [2.05, 4.69) is 32.7 Å². The molecule has 27 heavy (non-hydrogen) atoms. The molecule has 3 rings (SSSR count). The fourth-order valence-corrected chi connectivity index (χ4v) is 2.96. The van der Waals surface area contributed by atoms with E-state index in [1.54, 1.807) is 12.1 Å². The number of aromatic nitrogens is 3. The minimum Gasteiger partial charge on any atom is -0.478 e. The molecular weight excluding hydrogens is 338 g/mol. The van der Waals surface area contributed by atoms with Gasteiger partial charge in [0.15, 0.2) is 5.82 Å².